The molecule has 1 fully saturated rings. The maximum absolute atomic E-state index is 10.8. The van der Waals surface area contributed by atoms with Crippen molar-refractivity contribution in [2.75, 3.05) is 19.8 Å². The number of non-ortho nitro benzene ring substituents is 1. The molecular formula is C12H15ClN2O3. The summed E-state index contributed by atoms with van der Waals surface area (Å²) in [5.74, 6) is 0. The lowest BCUT2D eigenvalue weighted by Crippen LogP contribution is -2.42. The lowest BCUT2D eigenvalue weighted by molar-refractivity contribution is -0.384. The Kier molecular flexibility index (Phi) is 4.16. The third-order valence-corrected chi connectivity index (χ3v) is 3.50. The Balaban J connectivity index is 2.22. The summed E-state index contributed by atoms with van der Waals surface area (Å²) in [6.07, 6.45) is 0.688. The van der Waals surface area contributed by atoms with Gasteiger partial charge in [-0.25, -0.2) is 0 Å². The molecule has 1 aromatic rings. The Morgan fingerprint density at radius 3 is 3.00 bits per heavy atom. The van der Waals surface area contributed by atoms with E-state index >= 15 is 0 Å². The van der Waals surface area contributed by atoms with E-state index in [-0.39, 0.29) is 11.7 Å². The normalized spacial score (nSPS) is 19.8. The number of nitrogens with one attached hydrogen (secondary N) is 1. The molecule has 0 aromatic heterocycles. The molecule has 18 heavy (non-hydrogen) atoms. The fourth-order valence-corrected chi connectivity index (χ4v) is 2.29. The minimum Gasteiger partial charge on any atom is -0.379 e. The number of benzene rings is 1. The molecule has 1 atom stereocenters. The van der Waals surface area contributed by atoms with E-state index in [9.17, 15) is 10.1 Å². The van der Waals surface area contributed by atoms with Crippen LogP contribution in [0, 0.1) is 17.0 Å². The van der Waals surface area contributed by atoms with E-state index in [2.05, 4.69) is 5.32 Å². The Labute approximate surface area is 110 Å². The van der Waals surface area contributed by atoms with Crippen molar-refractivity contribution in [1.29, 1.82) is 0 Å². The van der Waals surface area contributed by atoms with Gasteiger partial charge in [-0.3, -0.25) is 10.1 Å². The molecule has 1 heterocycles. The highest BCUT2D eigenvalue weighted by atomic mass is 35.5. The van der Waals surface area contributed by atoms with Gasteiger partial charge in [0.25, 0.3) is 5.69 Å². The molecule has 1 aliphatic rings. The monoisotopic (exact) mass is 270 g/mol. The largest absolute Gasteiger partial charge is 0.379 e. The van der Waals surface area contributed by atoms with Gasteiger partial charge in [-0.2, -0.15) is 0 Å². The predicted octanol–water partition coefficient (Wildman–Crippen LogP) is 2.09. The highest BCUT2D eigenvalue weighted by Crippen LogP contribution is 2.27. The predicted molar refractivity (Wildman–Crippen MR) is 69.2 cm³/mol. The van der Waals surface area contributed by atoms with Crippen molar-refractivity contribution in [1.82, 2.24) is 5.32 Å². The molecule has 0 spiro atoms. The molecule has 1 aromatic carbocycles. The van der Waals surface area contributed by atoms with Crippen molar-refractivity contribution in [2.45, 2.75) is 19.4 Å². The molecule has 98 valence electrons. The van der Waals surface area contributed by atoms with E-state index in [0.29, 0.717) is 24.7 Å². The molecule has 0 aliphatic carbocycles. The van der Waals surface area contributed by atoms with E-state index in [1.165, 1.54) is 6.07 Å². The molecule has 1 unspecified atom stereocenters. The first-order valence-corrected chi connectivity index (χ1v) is 6.20. The van der Waals surface area contributed by atoms with Crippen LogP contribution >= 0.6 is 11.6 Å². The minimum atomic E-state index is -0.417. The summed E-state index contributed by atoms with van der Waals surface area (Å²) < 4.78 is 5.37. The molecule has 2 rings (SSSR count). The van der Waals surface area contributed by atoms with Crippen LogP contribution in [0.5, 0.6) is 0 Å². The number of rotatable bonds is 3. The van der Waals surface area contributed by atoms with Crippen molar-refractivity contribution in [3.63, 3.8) is 0 Å². The second kappa shape index (κ2) is 5.65. The summed E-state index contributed by atoms with van der Waals surface area (Å²) in [5.41, 5.74) is 1.84. The van der Waals surface area contributed by atoms with Crippen LogP contribution in [0.4, 0.5) is 5.69 Å². The number of hydrogen-bond acceptors (Lipinski definition) is 4. The zero-order valence-electron chi connectivity index (χ0n) is 10.1. The second-order valence-corrected chi connectivity index (χ2v) is 4.81. The van der Waals surface area contributed by atoms with Gasteiger partial charge >= 0.3 is 0 Å². The second-order valence-electron chi connectivity index (χ2n) is 4.40. The molecule has 6 heteroatoms. The summed E-state index contributed by atoms with van der Waals surface area (Å²) in [7, 11) is 0. The van der Waals surface area contributed by atoms with E-state index < -0.39 is 4.92 Å². The smallest absolute Gasteiger partial charge is 0.271 e. The van der Waals surface area contributed by atoms with Crippen molar-refractivity contribution in [3.05, 3.63) is 38.4 Å². The maximum atomic E-state index is 10.8. The van der Waals surface area contributed by atoms with E-state index in [1.54, 1.807) is 6.07 Å². The van der Waals surface area contributed by atoms with Gasteiger partial charge < -0.3 is 10.1 Å². The van der Waals surface area contributed by atoms with Gasteiger partial charge in [0.2, 0.25) is 0 Å². The van der Waals surface area contributed by atoms with E-state index in [1.807, 2.05) is 6.92 Å². The average molecular weight is 271 g/mol. The van der Waals surface area contributed by atoms with Crippen LogP contribution in [0.15, 0.2) is 12.1 Å². The van der Waals surface area contributed by atoms with Gasteiger partial charge in [-0.1, -0.05) is 11.6 Å². The maximum Gasteiger partial charge on any atom is 0.271 e. The fraction of sp³-hybridized carbons (Fsp3) is 0.500. The standard InChI is InChI=1S/C12H15ClN2O3/c1-8-9(4-10-7-18-3-2-14-10)5-11(15(16)17)6-12(8)13/h5-6,10,14H,2-4,7H2,1H3. The number of ether oxygens (including phenoxy) is 1. The first-order chi connectivity index (χ1) is 8.58. The van der Waals surface area contributed by atoms with Crippen molar-refractivity contribution >= 4 is 17.3 Å². The Bertz CT molecular complexity index is 459. The number of halogens is 1. The first kappa shape index (κ1) is 13.3. The number of nitro groups is 1. The molecular weight excluding hydrogens is 256 g/mol. The van der Waals surface area contributed by atoms with Crippen LogP contribution < -0.4 is 5.32 Å². The third kappa shape index (κ3) is 2.98. The quantitative estimate of drug-likeness (QED) is 0.675. The van der Waals surface area contributed by atoms with Crippen molar-refractivity contribution in [2.24, 2.45) is 0 Å². The Morgan fingerprint density at radius 1 is 1.61 bits per heavy atom. The molecule has 0 saturated carbocycles. The summed E-state index contributed by atoms with van der Waals surface area (Å²) in [5, 5.41) is 14.6. The molecule has 0 bridgehead atoms. The summed E-state index contributed by atoms with van der Waals surface area (Å²) >= 11 is 6.02. The van der Waals surface area contributed by atoms with Gasteiger partial charge in [-0.05, 0) is 24.5 Å². The molecule has 5 nitrogen and oxygen atoms in total. The van der Waals surface area contributed by atoms with Crippen LogP contribution in [0.2, 0.25) is 5.02 Å². The highest BCUT2D eigenvalue weighted by Gasteiger charge is 2.18. The van der Waals surface area contributed by atoms with Crippen LogP contribution in [0.3, 0.4) is 0 Å². The Hall–Kier alpha value is -1.17. The SMILES string of the molecule is Cc1c(Cl)cc([N+](=O)[O-])cc1CC1COCCN1. The number of hydrogen-bond donors (Lipinski definition) is 1. The van der Waals surface area contributed by atoms with Crippen LogP contribution in [-0.2, 0) is 11.2 Å². The van der Waals surface area contributed by atoms with Crippen LogP contribution in [-0.4, -0.2) is 30.7 Å². The van der Waals surface area contributed by atoms with Crippen molar-refractivity contribution < 1.29 is 9.66 Å². The number of morpholine rings is 1. The molecule has 1 saturated heterocycles. The first-order valence-electron chi connectivity index (χ1n) is 5.82. The van der Waals surface area contributed by atoms with Gasteiger partial charge in [0.15, 0.2) is 0 Å². The van der Waals surface area contributed by atoms with Gasteiger partial charge in [0, 0.05) is 24.7 Å². The summed E-state index contributed by atoms with van der Waals surface area (Å²) in [4.78, 5) is 10.4. The topological polar surface area (TPSA) is 64.4 Å². The highest BCUT2D eigenvalue weighted by molar-refractivity contribution is 6.31. The van der Waals surface area contributed by atoms with Gasteiger partial charge in [-0.15, -0.1) is 0 Å². The lowest BCUT2D eigenvalue weighted by Gasteiger charge is -2.24. The summed E-state index contributed by atoms with van der Waals surface area (Å²) in [6, 6.07) is 3.18. The number of nitrogens with zero attached hydrogens (tertiary/aromatic N) is 1. The van der Waals surface area contributed by atoms with Gasteiger partial charge in [0.05, 0.1) is 23.2 Å². The van der Waals surface area contributed by atoms with E-state index in [4.69, 9.17) is 16.3 Å². The average Bonchev–Trinajstić information content (AvgIpc) is 2.35. The number of nitro benzene ring substituents is 1. The molecule has 0 radical (unpaired) electrons. The zero-order chi connectivity index (χ0) is 13.1. The third-order valence-electron chi connectivity index (χ3n) is 3.11. The fourth-order valence-electron chi connectivity index (χ4n) is 2.05. The molecule has 1 aliphatic heterocycles. The van der Waals surface area contributed by atoms with Crippen molar-refractivity contribution in [3.8, 4) is 0 Å². The molecule has 0 amide bonds. The Morgan fingerprint density at radius 2 is 2.39 bits per heavy atom. The van der Waals surface area contributed by atoms with E-state index in [0.717, 1.165) is 17.7 Å². The minimum absolute atomic E-state index is 0.0392. The summed E-state index contributed by atoms with van der Waals surface area (Å²) in [6.45, 7) is 4.03. The van der Waals surface area contributed by atoms with Crippen LogP contribution in [0.25, 0.3) is 0 Å². The van der Waals surface area contributed by atoms with Crippen LogP contribution in [0.1, 0.15) is 11.1 Å². The zero-order valence-corrected chi connectivity index (χ0v) is 10.9. The lowest BCUT2D eigenvalue weighted by atomic mass is 10.00. The van der Waals surface area contributed by atoms with Gasteiger partial charge in [0.1, 0.15) is 0 Å². The molecule has 1 N–H and O–H groups in total.